The Morgan fingerprint density at radius 1 is 1.10 bits per heavy atom. The second-order valence-corrected chi connectivity index (χ2v) is 5.28. The molecule has 2 rings (SSSR count). The fourth-order valence-electron chi connectivity index (χ4n) is 2.00. The maximum Gasteiger partial charge on any atom is 0.177 e. The van der Waals surface area contributed by atoms with E-state index in [1.54, 1.807) is 0 Å². The summed E-state index contributed by atoms with van der Waals surface area (Å²) in [4.78, 5) is 12.0. The first kappa shape index (κ1) is 14.8. The monoisotopic (exact) mass is 332 g/mol. The zero-order valence-electron chi connectivity index (χ0n) is 11.7. The molecule has 0 atom stereocenters. The molecule has 0 aliphatic heterocycles. The highest BCUT2D eigenvalue weighted by Gasteiger charge is 2.15. The van der Waals surface area contributed by atoms with Crippen LogP contribution in [0.3, 0.4) is 0 Å². The van der Waals surface area contributed by atoms with Crippen LogP contribution in [0, 0.1) is 13.8 Å². The van der Waals surface area contributed by atoms with Gasteiger partial charge in [0, 0.05) is 0 Å². The van der Waals surface area contributed by atoms with Gasteiger partial charge in [0.15, 0.2) is 5.78 Å². The van der Waals surface area contributed by atoms with Crippen LogP contribution in [0.5, 0.6) is 5.75 Å². The number of Topliss-reactive ketones (excluding diaryl/α,β-unsaturated/α-hetero) is 1. The first-order valence-corrected chi connectivity index (χ1v) is 7.61. The second-order valence-electron chi connectivity index (χ2n) is 4.72. The van der Waals surface area contributed by atoms with Gasteiger partial charge in [0.2, 0.25) is 0 Å². The number of carbonyl (C=O) groups excluding carboxylic acids is 1. The molecular formula is C17H17BrO2. The molecule has 0 unspecified atom stereocenters. The Morgan fingerprint density at radius 2 is 1.80 bits per heavy atom. The Hall–Kier alpha value is -1.61. The summed E-state index contributed by atoms with van der Waals surface area (Å²) >= 11 is 3.22. The number of hydrogen-bond acceptors (Lipinski definition) is 2. The van der Waals surface area contributed by atoms with Gasteiger partial charge in [-0.15, -0.1) is 0 Å². The molecule has 2 aromatic rings. The zero-order valence-corrected chi connectivity index (χ0v) is 13.2. The molecule has 2 aromatic carbocycles. The van der Waals surface area contributed by atoms with Crippen LogP contribution in [0.1, 0.15) is 27.0 Å². The first-order valence-electron chi connectivity index (χ1n) is 6.49. The van der Waals surface area contributed by atoms with Gasteiger partial charge in [-0.3, -0.25) is 4.79 Å². The fraction of sp³-hybridized carbons (Fsp3) is 0.235. The summed E-state index contributed by atoms with van der Waals surface area (Å²) in [5.74, 6) is 0.731. The van der Waals surface area contributed by atoms with E-state index in [-0.39, 0.29) is 5.78 Å². The Kier molecular flexibility index (Phi) is 4.96. The van der Waals surface area contributed by atoms with Crippen LogP contribution < -0.4 is 4.74 Å². The molecule has 0 aliphatic rings. The van der Waals surface area contributed by atoms with Gasteiger partial charge in [0.05, 0.1) is 10.9 Å². The number of carbonyl (C=O) groups is 1. The van der Waals surface area contributed by atoms with Gasteiger partial charge in [-0.2, -0.15) is 0 Å². The molecule has 0 radical (unpaired) electrons. The Morgan fingerprint density at radius 3 is 2.45 bits per heavy atom. The standard InChI is InChI=1S/C17H17BrO2/c1-12-8-9-15(16(19)10-18)17(13(12)2)20-11-14-6-4-3-5-7-14/h3-9H,10-11H2,1-2H3. The molecule has 0 bridgehead atoms. The molecular weight excluding hydrogens is 316 g/mol. The summed E-state index contributed by atoms with van der Waals surface area (Å²) in [6.45, 7) is 4.47. The summed E-state index contributed by atoms with van der Waals surface area (Å²) < 4.78 is 5.92. The molecule has 3 heteroatoms. The van der Waals surface area contributed by atoms with Crippen molar-refractivity contribution in [3.8, 4) is 5.75 Å². The summed E-state index contributed by atoms with van der Waals surface area (Å²) in [6.07, 6.45) is 0. The number of aryl methyl sites for hydroxylation is 1. The molecule has 0 aliphatic carbocycles. The summed E-state index contributed by atoms with van der Waals surface area (Å²) in [6, 6.07) is 13.8. The minimum absolute atomic E-state index is 0.0381. The van der Waals surface area contributed by atoms with E-state index in [4.69, 9.17) is 4.74 Å². The van der Waals surface area contributed by atoms with Gasteiger partial charge < -0.3 is 4.74 Å². The highest BCUT2D eigenvalue weighted by atomic mass is 79.9. The maximum atomic E-state index is 12.0. The average molecular weight is 333 g/mol. The molecule has 104 valence electrons. The van der Waals surface area contributed by atoms with Crippen molar-refractivity contribution in [3.63, 3.8) is 0 Å². The van der Waals surface area contributed by atoms with E-state index in [9.17, 15) is 4.79 Å². The number of rotatable bonds is 5. The highest BCUT2D eigenvalue weighted by molar-refractivity contribution is 9.09. The van der Waals surface area contributed by atoms with Crippen LogP contribution >= 0.6 is 15.9 Å². The summed E-state index contributed by atoms with van der Waals surface area (Å²) in [5.41, 5.74) is 3.87. The van der Waals surface area contributed by atoms with E-state index in [1.165, 1.54) is 0 Å². The van der Waals surface area contributed by atoms with Crippen LogP contribution in [0.2, 0.25) is 0 Å². The van der Waals surface area contributed by atoms with Gasteiger partial charge in [-0.1, -0.05) is 52.3 Å². The lowest BCUT2D eigenvalue weighted by Crippen LogP contribution is -2.07. The Balaban J connectivity index is 2.29. The van der Waals surface area contributed by atoms with Crippen molar-refractivity contribution >= 4 is 21.7 Å². The SMILES string of the molecule is Cc1ccc(C(=O)CBr)c(OCc2ccccc2)c1C. The maximum absolute atomic E-state index is 12.0. The van der Waals surface area contributed by atoms with Gasteiger partial charge in [0.1, 0.15) is 12.4 Å². The van der Waals surface area contributed by atoms with E-state index in [0.717, 1.165) is 16.7 Å². The Bertz CT molecular complexity index is 606. The molecule has 0 amide bonds. The minimum atomic E-state index is 0.0381. The largest absolute Gasteiger partial charge is 0.488 e. The lowest BCUT2D eigenvalue weighted by atomic mass is 10.0. The molecule has 0 fully saturated rings. The number of ether oxygens (including phenoxy) is 1. The van der Waals surface area contributed by atoms with Gasteiger partial charge in [0.25, 0.3) is 0 Å². The third kappa shape index (κ3) is 3.28. The van der Waals surface area contributed by atoms with Crippen LogP contribution in [0.4, 0.5) is 0 Å². The molecule has 2 nitrogen and oxygen atoms in total. The third-order valence-corrected chi connectivity index (χ3v) is 3.83. The van der Waals surface area contributed by atoms with E-state index < -0.39 is 0 Å². The molecule has 0 heterocycles. The molecule has 0 aromatic heterocycles. The van der Waals surface area contributed by atoms with Crippen LogP contribution in [-0.2, 0) is 6.61 Å². The third-order valence-electron chi connectivity index (χ3n) is 3.32. The predicted molar refractivity (Wildman–Crippen MR) is 84.8 cm³/mol. The van der Waals surface area contributed by atoms with E-state index in [1.807, 2.05) is 56.3 Å². The van der Waals surface area contributed by atoms with Crippen molar-refractivity contribution in [1.82, 2.24) is 0 Å². The van der Waals surface area contributed by atoms with Crippen LogP contribution in [0.15, 0.2) is 42.5 Å². The molecule has 0 saturated heterocycles. The fourth-order valence-corrected chi connectivity index (χ4v) is 2.30. The number of hydrogen-bond donors (Lipinski definition) is 0. The summed E-state index contributed by atoms with van der Waals surface area (Å²) in [7, 11) is 0. The van der Waals surface area contributed by atoms with E-state index >= 15 is 0 Å². The van der Waals surface area contributed by atoms with Crippen molar-refractivity contribution in [2.24, 2.45) is 0 Å². The first-order chi connectivity index (χ1) is 9.63. The molecule has 0 spiro atoms. The van der Waals surface area contributed by atoms with Crippen molar-refractivity contribution in [3.05, 3.63) is 64.7 Å². The van der Waals surface area contributed by atoms with E-state index in [0.29, 0.717) is 23.2 Å². The zero-order chi connectivity index (χ0) is 14.5. The van der Waals surface area contributed by atoms with Crippen LogP contribution in [-0.4, -0.2) is 11.1 Å². The van der Waals surface area contributed by atoms with Gasteiger partial charge in [-0.05, 0) is 36.6 Å². The van der Waals surface area contributed by atoms with Crippen molar-refractivity contribution in [2.75, 3.05) is 5.33 Å². The number of alkyl halides is 1. The topological polar surface area (TPSA) is 26.3 Å². The Labute approximate surface area is 127 Å². The average Bonchev–Trinajstić information content (AvgIpc) is 2.49. The molecule has 0 saturated carbocycles. The number of benzene rings is 2. The van der Waals surface area contributed by atoms with Crippen molar-refractivity contribution in [2.45, 2.75) is 20.5 Å². The number of halogens is 1. The minimum Gasteiger partial charge on any atom is -0.488 e. The van der Waals surface area contributed by atoms with Crippen LogP contribution in [0.25, 0.3) is 0 Å². The lowest BCUT2D eigenvalue weighted by Gasteiger charge is -2.15. The van der Waals surface area contributed by atoms with Crippen molar-refractivity contribution in [1.29, 1.82) is 0 Å². The van der Waals surface area contributed by atoms with Crippen molar-refractivity contribution < 1.29 is 9.53 Å². The van der Waals surface area contributed by atoms with Gasteiger partial charge >= 0.3 is 0 Å². The molecule has 20 heavy (non-hydrogen) atoms. The second kappa shape index (κ2) is 6.71. The van der Waals surface area contributed by atoms with Gasteiger partial charge in [-0.25, -0.2) is 0 Å². The van der Waals surface area contributed by atoms with E-state index in [2.05, 4.69) is 15.9 Å². The number of ketones is 1. The lowest BCUT2D eigenvalue weighted by molar-refractivity contribution is 0.101. The molecule has 0 N–H and O–H groups in total. The summed E-state index contributed by atoms with van der Waals surface area (Å²) in [5, 5.41) is 0.303. The quantitative estimate of drug-likeness (QED) is 0.596. The highest BCUT2D eigenvalue weighted by Crippen LogP contribution is 2.28. The predicted octanol–water partition coefficient (Wildman–Crippen LogP) is 4.46. The normalized spacial score (nSPS) is 10.3. The smallest absolute Gasteiger partial charge is 0.177 e.